The second-order valence-electron chi connectivity index (χ2n) is 4.47. The highest BCUT2D eigenvalue weighted by atomic mass is 32.1. The summed E-state index contributed by atoms with van der Waals surface area (Å²) in [6.45, 7) is 0.964. The molecule has 1 aromatic rings. The summed E-state index contributed by atoms with van der Waals surface area (Å²) in [5.41, 5.74) is 1.36. The first kappa shape index (κ1) is 11.1. The van der Waals surface area contributed by atoms with E-state index in [0.29, 0.717) is 6.04 Å². The first-order valence-corrected chi connectivity index (χ1v) is 6.61. The monoisotopic (exact) mass is 225 g/mol. The summed E-state index contributed by atoms with van der Waals surface area (Å²) < 4.78 is 0. The van der Waals surface area contributed by atoms with Gasteiger partial charge in [0.15, 0.2) is 0 Å². The molecule has 0 unspecified atom stereocenters. The van der Waals surface area contributed by atoms with Crippen LogP contribution in [0.4, 0.5) is 0 Å². The van der Waals surface area contributed by atoms with Gasteiger partial charge in [0.25, 0.3) is 0 Å². The summed E-state index contributed by atoms with van der Waals surface area (Å²) in [4.78, 5) is 2.30. The highest BCUT2D eigenvalue weighted by Crippen LogP contribution is 2.23. The third-order valence-electron chi connectivity index (χ3n) is 3.27. The van der Waals surface area contributed by atoms with Crippen LogP contribution in [0.25, 0.3) is 0 Å². The molecule has 1 aliphatic rings. The maximum absolute atomic E-state index is 9.93. The molecule has 2 rings (SSSR count). The van der Waals surface area contributed by atoms with E-state index in [1.807, 2.05) is 0 Å². The van der Waals surface area contributed by atoms with Crippen LogP contribution >= 0.6 is 11.3 Å². The number of hydrogen-bond acceptors (Lipinski definition) is 3. The molecule has 1 aliphatic carbocycles. The lowest BCUT2D eigenvalue weighted by molar-refractivity contribution is 0.0289. The number of likely N-dealkylation sites (N-methyl/N-ethyl adjacent to an activating group) is 1. The summed E-state index contributed by atoms with van der Waals surface area (Å²) in [6.07, 6.45) is 4.43. The predicted octanol–water partition coefficient (Wildman–Crippen LogP) is 2.48. The third-order valence-corrected chi connectivity index (χ3v) is 4.00. The van der Waals surface area contributed by atoms with Crippen molar-refractivity contribution in [1.82, 2.24) is 4.90 Å². The molecule has 1 saturated carbocycles. The Morgan fingerprint density at radius 2 is 2.27 bits per heavy atom. The molecular formula is C12H19NOS. The number of nitrogens with zero attached hydrogens (tertiary/aromatic N) is 1. The molecule has 2 nitrogen and oxygen atoms in total. The second kappa shape index (κ2) is 5.10. The van der Waals surface area contributed by atoms with E-state index in [-0.39, 0.29) is 6.10 Å². The van der Waals surface area contributed by atoms with Gasteiger partial charge in [-0.05, 0) is 42.3 Å². The molecule has 1 aromatic heterocycles. The minimum absolute atomic E-state index is 0.123. The molecule has 0 aromatic carbocycles. The van der Waals surface area contributed by atoms with Crippen LogP contribution in [-0.2, 0) is 6.54 Å². The average molecular weight is 225 g/mol. The molecule has 1 heterocycles. The largest absolute Gasteiger partial charge is 0.391 e. The third kappa shape index (κ3) is 2.80. The van der Waals surface area contributed by atoms with Crippen LogP contribution in [0.1, 0.15) is 31.2 Å². The Morgan fingerprint density at radius 1 is 1.47 bits per heavy atom. The molecule has 1 fully saturated rings. The van der Waals surface area contributed by atoms with Crippen molar-refractivity contribution in [2.45, 2.75) is 44.4 Å². The Hall–Kier alpha value is -0.380. The van der Waals surface area contributed by atoms with Gasteiger partial charge in [0.1, 0.15) is 0 Å². The average Bonchev–Trinajstić information content (AvgIpc) is 2.71. The zero-order chi connectivity index (χ0) is 10.7. The van der Waals surface area contributed by atoms with Crippen LogP contribution in [0.2, 0.25) is 0 Å². The fourth-order valence-corrected chi connectivity index (χ4v) is 3.05. The first-order valence-electron chi connectivity index (χ1n) is 5.67. The molecule has 84 valence electrons. The van der Waals surface area contributed by atoms with Crippen LogP contribution in [-0.4, -0.2) is 29.2 Å². The van der Waals surface area contributed by atoms with Crippen LogP contribution in [0.3, 0.4) is 0 Å². The molecule has 0 bridgehead atoms. The molecule has 3 heteroatoms. The van der Waals surface area contributed by atoms with Gasteiger partial charge >= 0.3 is 0 Å². The lowest BCUT2D eigenvalue weighted by atomic mass is 9.91. The van der Waals surface area contributed by atoms with Gasteiger partial charge < -0.3 is 5.11 Å². The quantitative estimate of drug-likeness (QED) is 0.854. The number of aliphatic hydroxyl groups is 1. The van der Waals surface area contributed by atoms with Crippen molar-refractivity contribution in [2.24, 2.45) is 0 Å². The van der Waals surface area contributed by atoms with Gasteiger partial charge in [-0.2, -0.15) is 11.3 Å². The van der Waals surface area contributed by atoms with Crippen molar-refractivity contribution in [3.05, 3.63) is 22.4 Å². The van der Waals surface area contributed by atoms with E-state index in [2.05, 4.69) is 28.8 Å². The molecule has 0 saturated heterocycles. The van der Waals surface area contributed by atoms with Crippen molar-refractivity contribution < 1.29 is 5.11 Å². The molecule has 2 atom stereocenters. The number of hydrogen-bond donors (Lipinski definition) is 1. The van der Waals surface area contributed by atoms with E-state index >= 15 is 0 Å². The Morgan fingerprint density at radius 3 is 2.93 bits per heavy atom. The number of aliphatic hydroxyl groups excluding tert-OH is 1. The molecule has 0 radical (unpaired) electrons. The van der Waals surface area contributed by atoms with E-state index in [9.17, 15) is 5.11 Å². The highest BCUT2D eigenvalue weighted by Gasteiger charge is 2.26. The van der Waals surface area contributed by atoms with Gasteiger partial charge in [-0.25, -0.2) is 0 Å². The van der Waals surface area contributed by atoms with E-state index < -0.39 is 0 Å². The lowest BCUT2D eigenvalue weighted by Gasteiger charge is -2.35. The van der Waals surface area contributed by atoms with Gasteiger partial charge in [-0.3, -0.25) is 4.90 Å². The Kier molecular flexibility index (Phi) is 3.78. The summed E-state index contributed by atoms with van der Waals surface area (Å²) in [7, 11) is 2.12. The summed E-state index contributed by atoms with van der Waals surface area (Å²) >= 11 is 1.74. The van der Waals surface area contributed by atoms with Crippen molar-refractivity contribution >= 4 is 11.3 Å². The van der Waals surface area contributed by atoms with E-state index in [1.165, 1.54) is 18.4 Å². The van der Waals surface area contributed by atoms with Gasteiger partial charge in [0.2, 0.25) is 0 Å². The minimum atomic E-state index is -0.123. The van der Waals surface area contributed by atoms with Crippen LogP contribution in [0.5, 0.6) is 0 Å². The Balaban J connectivity index is 1.91. The topological polar surface area (TPSA) is 23.5 Å². The van der Waals surface area contributed by atoms with Crippen LogP contribution in [0, 0.1) is 0 Å². The predicted molar refractivity (Wildman–Crippen MR) is 64.0 cm³/mol. The van der Waals surface area contributed by atoms with Crippen molar-refractivity contribution in [2.75, 3.05) is 7.05 Å². The molecule has 0 aliphatic heterocycles. The zero-order valence-corrected chi connectivity index (χ0v) is 10.0. The molecule has 1 N–H and O–H groups in total. The number of thiophene rings is 1. The molecule has 0 spiro atoms. The van der Waals surface area contributed by atoms with Crippen molar-refractivity contribution in [1.29, 1.82) is 0 Å². The smallest absolute Gasteiger partial charge is 0.0695 e. The van der Waals surface area contributed by atoms with Crippen molar-refractivity contribution in [3.63, 3.8) is 0 Å². The lowest BCUT2D eigenvalue weighted by Crippen LogP contribution is -2.42. The first-order chi connectivity index (χ1) is 7.27. The SMILES string of the molecule is CN(Cc1ccsc1)[C@H]1CCCC[C@@H]1O. The van der Waals surface area contributed by atoms with Gasteiger partial charge in [0.05, 0.1) is 6.10 Å². The second-order valence-corrected chi connectivity index (χ2v) is 5.25. The highest BCUT2D eigenvalue weighted by molar-refractivity contribution is 7.07. The fourth-order valence-electron chi connectivity index (χ4n) is 2.39. The zero-order valence-electron chi connectivity index (χ0n) is 9.22. The van der Waals surface area contributed by atoms with Gasteiger partial charge in [-0.1, -0.05) is 12.8 Å². The maximum atomic E-state index is 9.93. The summed E-state index contributed by atoms with van der Waals surface area (Å²) in [6, 6.07) is 2.52. The molecule has 0 amide bonds. The van der Waals surface area contributed by atoms with Crippen molar-refractivity contribution in [3.8, 4) is 0 Å². The van der Waals surface area contributed by atoms with Gasteiger partial charge in [0, 0.05) is 12.6 Å². The molecular weight excluding hydrogens is 206 g/mol. The van der Waals surface area contributed by atoms with Gasteiger partial charge in [-0.15, -0.1) is 0 Å². The van der Waals surface area contributed by atoms with E-state index in [1.54, 1.807) is 11.3 Å². The molecule has 15 heavy (non-hydrogen) atoms. The van der Waals surface area contributed by atoms with E-state index in [0.717, 1.165) is 19.4 Å². The number of rotatable bonds is 3. The minimum Gasteiger partial charge on any atom is -0.391 e. The van der Waals surface area contributed by atoms with E-state index in [4.69, 9.17) is 0 Å². The fraction of sp³-hybridized carbons (Fsp3) is 0.667. The Labute approximate surface area is 95.5 Å². The normalized spacial score (nSPS) is 27.1. The van der Waals surface area contributed by atoms with Crippen LogP contribution in [0.15, 0.2) is 16.8 Å². The standard InChI is InChI=1S/C12H19NOS/c1-13(8-10-6-7-15-9-10)11-4-2-3-5-12(11)14/h6-7,9,11-12,14H,2-5,8H2,1H3/t11-,12-/m0/s1. The maximum Gasteiger partial charge on any atom is 0.0695 e. The summed E-state index contributed by atoms with van der Waals surface area (Å²) in [5.74, 6) is 0. The summed E-state index contributed by atoms with van der Waals surface area (Å²) in [5, 5.41) is 14.2. The van der Waals surface area contributed by atoms with Crippen LogP contribution < -0.4 is 0 Å². The Bertz CT molecular complexity index is 286.